The summed E-state index contributed by atoms with van der Waals surface area (Å²) in [6, 6.07) is 6.57. The van der Waals surface area contributed by atoms with Crippen molar-refractivity contribution >= 4 is 15.9 Å². The molecule has 6 heteroatoms. The number of halogens is 2. The van der Waals surface area contributed by atoms with Gasteiger partial charge in [-0.15, -0.1) is 0 Å². The summed E-state index contributed by atoms with van der Waals surface area (Å²) < 4.78 is 14.1. The number of alkyl halides is 1. The van der Waals surface area contributed by atoms with Gasteiger partial charge in [0.05, 0.1) is 11.0 Å². The van der Waals surface area contributed by atoms with Crippen LogP contribution in [0.5, 0.6) is 5.75 Å². The second kappa shape index (κ2) is 4.67. The van der Waals surface area contributed by atoms with E-state index in [1.54, 1.807) is 6.07 Å². The molecule has 1 aromatic carbocycles. The Hall–Kier alpha value is -1.69. The molecule has 1 aromatic heterocycles. The number of hydrogen-bond acceptors (Lipinski definition) is 3. The Bertz CT molecular complexity index is 613. The van der Waals surface area contributed by atoms with Crippen LogP contribution >= 0.6 is 15.9 Å². The lowest BCUT2D eigenvalue weighted by Crippen LogP contribution is -2.21. The fraction of sp³-hybridized carbons (Fsp3) is 0.0909. The van der Waals surface area contributed by atoms with Gasteiger partial charge in [-0.2, -0.15) is 9.78 Å². The summed E-state index contributed by atoms with van der Waals surface area (Å²) in [5.74, 6) is -0.635. The van der Waals surface area contributed by atoms with Crippen molar-refractivity contribution in [2.24, 2.45) is 0 Å². The number of benzene rings is 1. The SMILES string of the molecule is O=c1cc(O)c(CBr)nn1-c1cccc(F)c1. The summed E-state index contributed by atoms with van der Waals surface area (Å²) in [5.41, 5.74) is 0.115. The van der Waals surface area contributed by atoms with E-state index in [9.17, 15) is 14.3 Å². The van der Waals surface area contributed by atoms with Gasteiger partial charge in [-0.05, 0) is 18.2 Å². The van der Waals surface area contributed by atoms with Crippen molar-refractivity contribution in [3.63, 3.8) is 0 Å². The summed E-state index contributed by atoms with van der Waals surface area (Å²) in [7, 11) is 0. The van der Waals surface area contributed by atoms with Crippen LogP contribution in [0.1, 0.15) is 5.69 Å². The van der Waals surface area contributed by atoms with Crippen molar-refractivity contribution < 1.29 is 9.50 Å². The third kappa shape index (κ3) is 2.36. The van der Waals surface area contributed by atoms with Crippen molar-refractivity contribution in [3.05, 3.63) is 52.2 Å². The van der Waals surface area contributed by atoms with Crippen molar-refractivity contribution in [2.75, 3.05) is 0 Å². The minimum absolute atomic E-state index is 0.181. The summed E-state index contributed by atoms with van der Waals surface area (Å²) in [6.45, 7) is 0. The second-order valence-electron chi connectivity index (χ2n) is 3.34. The van der Waals surface area contributed by atoms with E-state index in [4.69, 9.17) is 0 Å². The van der Waals surface area contributed by atoms with Gasteiger partial charge in [0.15, 0.2) is 0 Å². The first-order chi connectivity index (χ1) is 8.11. The molecule has 0 bridgehead atoms. The summed E-state index contributed by atoms with van der Waals surface area (Å²) in [4.78, 5) is 11.6. The normalized spacial score (nSPS) is 10.5. The Morgan fingerprint density at radius 2 is 2.18 bits per heavy atom. The third-order valence-corrected chi connectivity index (χ3v) is 2.70. The fourth-order valence-electron chi connectivity index (χ4n) is 1.37. The zero-order valence-corrected chi connectivity index (χ0v) is 10.2. The van der Waals surface area contributed by atoms with Crippen molar-refractivity contribution in [3.8, 4) is 11.4 Å². The predicted molar refractivity (Wildman–Crippen MR) is 64.1 cm³/mol. The molecule has 88 valence electrons. The summed E-state index contributed by atoms with van der Waals surface area (Å²) in [5, 5.41) is 13.7. The van der Waals surface area contributed by atoms with Crippen LogP contribution in [0.3, 0.4) is 0 Å². The zero-order valence-electron chi connectivity index (χ0n) is 8.60. The Labute approximate surface area is 104 Å². The summed E-state index contributed by atoms with van der Waals surface area (Å²) in [6.07, 6.45) is 0. The molecule has 0 saturated heterocycles. The fourth-order valence-corrected chi connectivity index (χ4v) is 1.77. The molecule has 0 saturated carbocycles. The number of hydrogen-bond donors (Lipinski definition) is 1. The third-order valence-electron chi connectivity index (χ3n) is 2.16. The minimum atomic E-state index is -0.516. The van der Waals surface area contributed by atoms with Gasteiger partial charge >= 0.3 is 0 Å². The van der Waals surface area contributed by atoms with E-state index < -0.39 is 11.4 Å². The summed E-state index contributed by atoms with van der Waals surface area (Å²) >= 11 is 3.14. The molecule has 0 aliphatic heterocycles. The molecule has 0 aliphatic rings. The maximum atomic E-state index is 13.0. The number of nitrogens with zero attached hydrogens (tertiary/aromatic N) is 2. The molecule has 0 aliphatic carbocycles. The number of rotatable bonds is 2. The van der Waals surface area contributed by atoms with Crippen molar-refractivity contribution in [2.45, 2.75) is 5.33 Å². The second-order valence-corrected chi connectivity index (χ2v) is 3.90. The van der Waals surface area contributed by atoms with Crippen molar-refractivity contribution in [1.82, 2.24) is 9.78 Å². The average Bonchev–Trinajstić information content (AvgIpc) is 2.29. The highest BCUT2D eigenvalue weighted by atomic mass is 79.9. The lowest BCUT2D eigenvalue weighted by Gasteiger charge is -2.07. The van der Waals surface area contributed by atoms with Gasteiger partial charge in [0.1, 0.15) is 17.3 Å². The molecule has 1 heterocycles. The van der Waals surface area contributed by atoms with Crippen LogP contribution in [0, 0.1) is 5.82 Å². The molecule has 0 unspecified atom stereocenters. The van der Waals surface area contributed by atoms with Crippen LogP contribution in [0.2, 0.25) is 0 Å². The standard InChI is InChI=1S/C11H8BrFN2O2/c12-6-9-10(16)5-11(17)15(14-9)8-3-1-2-7(13)4-8/h1-5,16H,6H2. The molecule has 0 amide bonds. The van der Waals surface area contributed by atoms with E-state index >= 15 is 0 Å². The number of aromatic hydroxyl groups is 1. The molecule has 0 spiro atoms. The quantitative estimate of drug-likeness (QED) is 0.863. The van der Waals surface area contributed by atoms with Gasteiger partial charge in [-0.1, -0.05) is 22.0 Å². The van der Waals surface area contributed by atoms with Gasteiger partial charge in [0, 0.05) is 6.07 Å². The van der Waals surface area contributed by atoms with Gasteiger partial charge in [-0.3, -0.25) is 4.79 Å². The first-order valence-corrected chi connectivity index (χ1v) is 5.88. The highest BCUT2D eigenvalue weighted by molar-refractivity contribution is 9.08. The van der Waals surface area contributed by atoms with Crippen LogP contribution in [0.25, 0.3) is 5.69 Å². The molecule has 0 atom stereocenters. The van der Waals surface area contributed by atoms with E-state index in [1.165, 1.54) is 18.2 Å². The molecule has 4 nitrogen and oxygen atoms in total. The van der Waals surface area contributed by atoms with E-state index in [-0.39, 0.29) is 5.75 Å². The molecule has 1 N–H and O–H groups in total. The molecular formula is C11H8BrFN2O2. The van der Waals surface area contributed by atoms with E-state index in [0.717, 1.165) is 10.7 Å². The largest absolute Gasteiger partial charge is 0.506 e. The Balaban J connectivity index is 2.63. The maximum Gasteiger partial charge on any atom is 0.275 e. The zero-order chi connectivity index (χ0) is 12.4. The molecular weight excluding hydrogens is 291 g/mol. The monoisotopic (exact) mass is 298 g/mol. The lowest BCUT2D eigenvalue weighted by atomic mass is 10.3. The van der Waals surface area contributed by atoms with Gasteiger partial charge in [0.25, 0.3) is 5.56 Å². The molecule has 2 rings (SSSR count). The Morgan fingerprint density at radius 1 is 1.41 bits per heavy atom. The van der Waals surface area contributed by atoms with Gasteiger partial charge in [0.2, 0.25) is 0 Å². The van der Waals surface area contributed by atoms with E-state index in [1.807, 2.05) is 0 Å². The van der Waals surface area contributed by atoms with Crippen LogP contribution in [-0.4, -0.2) is 14.9 Å². The van der Waals surface area contributed by atoms with Crippen LogP contribution in [0.4, 0.5) is 4.39 Å². The van der Waals surface area contributed by atoms with Crippen molar-refractivity contribution in [1.29, 1.82) is 0 Å². The predicted octanol–water partition coefficient (Wildman–Crippen LogP) is 1.97. The van der Waals surface area contributed by atoms with E-state index in [0.29, 0.717) is 16.7 Å². The first-order valence-electron chi connectivity index (χ1n) is 4.76. The maximum absolute atomic E-state index is 13.0. The molecule has 0 fully saturated rings. The average molecular weight is 299 g/mol. The van der Waals surface area contributed by atoms with E-state index in [2.05, 4.69) is 21.0 Å². The smallest absolute Gasteiger partial charge is 0.275 e. The molecule has 2 aromatic rings. The van der Waals surface area contributed by atoms with Gasteiger partial charge < -0.3 is 5.11 Å². The lowest BCUT2D eigenvalue weighted by molar-refractivity contribution is 0.460. The van der Waals surface area contributed by atoms with Crippen LogP contribution in [0.15, 0.2) is 35.1 Å². The molecule has 0 radical (unpaired) electrons. The minimum Gasteiger partial charge on any atom is -0.506 e. The van der Waals surface area contributed by atoms with Crippen LogP contribution in [-0.2, 0) is 5.33 Å². The van der Waals surface area contributed by atoms with Crippen LogP contribution < -0.4 is 5.56 Å². The topological polar surface area (TPSA) is 55.1 Å². The molecule has 17 heavy (non-hydrogen) atoms. The Kier molecular flexibility index (Phi) is 3.23. The Morgan fingerprint density at radius 3 is 2.82 bits per heavy atom. The first kappa shape index (κ1) is 11.8. The number of aromatic nitrogens is 2. The van der Waals surface area contributed by atoms with Gasteiger partial charge in [-0.25, -0.2) is 4.39 Å². The highest BCUT2D eigenvalue weighted by Crippen LogP contribution is 2.15. The highest BCUT2D eigenvalue weighted by Gasteiger charge is 2.08.